The van der Waals surface area contributed by atoms with Gasteiger partial charge in [-0.15, -0.1) is 0 Å². The third-order valence-corrected chi connectivity index (χ3v) is 1.28. The lowest BCUT2D eigenvalue weighted by Gasteiger charge is -2.17. The molecule has 0 aromatic carbocycles. The van der Waals surface area contributed by atoms with Crippen molar-refractivity contribution in [2.75, 3.05) is 13.1 Å². The largest absolute Gasteiger partial charge is 0.368 e. The standard InChI is InChI=1S/C7H10N4O3/c8-2-1-7(14)11(3-5(9)12)4-6(10)13/h1,3-4H2,(H2,9,12)(H2,10,13). The smallest absolute Gasteiger partial charge is 0.237 e. The Morgan fingerprint density at radius 3 is 1.86 bits per heavy atom. The molecular weight excluding hydrogens is 188 g/mol. The second kappa shape index (κ2) is 5.53. The molecule has 0 bridgehead atoms. The maximum Gasteiger partial charge on any atom is 0.237 e. The average Bonchev–Trinajstić information content (AvgIpc) is 2.01. The highest BCUT2D eigenvalue weighted by atomic mass is 16.2. The molecule has 0 spiro atoms. The van der Waals surface area contributed by atoms with Crippen LogP contribution in [0.3, 0.4) is 0 Å². The summed E-state index contributed by atoms with van der Waals surface area (Å²) in [5.41, 5.74) is 9.67. The maximum absolute atomic E-state index is 11.1. The fourth-order valence-corrected chi connectivity index (χ4v) is 0.788. The minimum Gasteiger partial charge on any atom is -0.368 e. The third-order valence-electron chi connectivity index (χ3n) is 1.28. The van der Waals surface area contributed by atoms with Gasteiger partial charge < -0.3 is 16.4 Å². The third kappa shape index (κ3) is 4.71. The van der Waals surface area contributed by atoms with E-state index in [1.54, 1.807) is 6.07 Å². The molecule has 14 heavy (non-hydrogen) atoms. The van der Waals surface area contributed by atoms with E-state index in [1.165, 1.54) is 0 Å². The van der Waals surface area contributed by atoms with Crippen LogP contribution < -0.4 is 11.5 Å². The quantitative estimate of drug-likeness (QED) is 0.514. The Hall–Kier alpha value is -2.10. The highest BCUT2D eigenvalue weighted by molar-refractivity contribution is 5.88. The molecule has 0 unspecified atom stereocenters. The van der Waals surface area contributed by atoms with Gasteiger partial charge in [0.15, 0.2) is 0 Å². The summed E-state index contributed by atoms with van der Waals surface area (Å²) in [7, 11) is 0. The number of hydrogen-bond acceptors (Lipinski definition) is 4. The van der Waals surface area contributed by atoms with Gasteiger partial charge in [0.25, 0.3) is 0 Å². The van der Waals surface area contributed by atoms with Crippen molar-refractivity contribution >= 4 is 17.7 Å². The Morgan fingerprint density at radius 1 is 1.14 bits per heavy atom. The van der Waals surface area contributed by atoms with E-state index in [0.29, 0.717) is 0 Å². The number of carbonyl (C=O) groups is 3. The lowest BCUT2D eigenvalue weighted by molar-refractivity contribution is -0.137. The fourth-order valence-electron chi connectivity index (χ4n) is 0.788. The van der Waals surface area contributed by atoms with Gasteiger partial charge in [-0.2, -0.15) is 5.26 Å². The average molecular weight is 198 g/mol. The van der Waals surface area contributed by atoms with E-state index in [2.05, 4.69) is 0 Å². The Bertz CT molecular complexity index is 278. The van der Waals surface area contributed by atoms with E-state index in [4.69, 9.17) is 16.7 Å². The van der Waals surface area contributed by atoms with Crippen molar-refractivity contribution in [3.8, 4) is 6.07 Å². The predicted octanol–water partition coefficient (Wildman–Crippen LogP) is -2.30. The van der Waals surface area contributed by atoms with E-state index in [0.717, 1.165) is 4.90 Å². The van der Waals surface area contributed by atoms with Gasteiger partial charge in [0.2, 0.25) is 17.7 Å². The maximum atomic E-state index is 11.1. The zero-order valence-electron chi connectivity index (χ0n) is 7.40. The van der Waals surface area contributed by atoms with Crippen LogP contribution in [0.15, 0.2) is 0 Å². The Kier molecular flexibility index (Phi) is 4.70. The van der Waals surface area contributed by atoms with Gasteiger partial charge >= 0.3 is 0 Å². The molecule has 7 heteroatoms. The summed E-state index contributed by atoms with van der Waals surface area (Å²) in [6.45, 7) is -0.826. The normalized spacial score (nSPS) is 8.79. The Balaban J connectivity index is 4.39. The number of carbonyl (C=O) groups excluding carboxylic acids is 3. The first kappa shape index (κ1) is 11.9. The molecule has 0 aliphatic rings. The Morgan fingerprint density at radius 2 is 1.57 bits per heavy atom. The first-order valence-electron chi connectivity index (χ1n) is 3.68. The van der Waals surface area contributed by atoms with Gasteiger partial charge in [-0.05, 0) is 0 Å². The van der Waals surface area contributed by atoms with Crippen molar-refractivity contribution in [2.24, 2.45) is 11.5 Å². The van der Waals surface area contributed by atoms with E-state index in [1.807, 2.05) is 0 Å². The molecule has 0 heterocycles. The number of amides is 3. The molecule has 0 saturated heterocycles. The number of nitriles is 1. The van der Waals surface area contributed by atoms with Crippen molar-refractivity contribution in [1.29, 1.82) is 5.26 Å². The molecule has 0 radical (unpaired) electrons. The first-order valence-corrected chi connectivity index (χ1v) is 3.68. The van der Waals surface area contributed by atoms with Crippen LogP contribution >= 0.6 is 0 Å². The summed E-state index contributed by atoms with van der Waals surface area (Å²) in [6, 6.07) is 1.60. The van der Waals surface area contributed by atoms with Crippen LogP contribution in [0.4, 0.5) is 0 Å². The highest BCUT2D eigenvalue weighted by Gasteiger charge is 2.16. The fraction of sp³-hybridized carbons (Fsp3) is 0.429. The van der Waals surface area contributed by atoms with Crippen LogP contribution in [0, 0.1) is 11.3 Å². The second-order valence-corrected chi connectivity index (χ2v) is 2.52. The van der Waals surface area contributed by atoms with Gasteiger partial charge in [-0.1, -0.05) is 0 Å². The van der Waals surface area contributed by atoms with Crippen LogP contribution in [-0.4, -0.2) is 35.7 Å². The summed E-state index contributed by atoms with van der Waals surface area (Å²) in [5.74, 6) is -2.18. The van der Waals surface area contributed by atoms with E-state index in [-0.39, 0.29) is 0 Å². The number of rotatable bonds is 5. The second-order valence-electron chi connectivity index (χ2n) is 2.52. The van der Waals surface area contributed by atoms with Crippen LogP contribution in [0.2, 0.25) is 0 Å². The summed E-state index contributed by atoms with van der Waals surface area (Å²) in [5, 5.41) is 8.22. The molecule has 0 saturated carbocycles. The zero-order chi connectivity index (χ0) is 11.1. The molecule has 0 aliphatic carbocycles. The summed E-state index contributed by atoms with van der Waals surface area (Å²) < 4.78 is 0. The number of nitrogens with zero attached hydrogens (tertiary/aromatic N) is 2. The Labute approximate surface area is 80.2 Å². The molecule has 76 valence electrons. The van der Waals surface area contributed by atoms with E-state index >= 15 is 0 Å². The molecule has 0 atom stereocenters. The molecule has 0 rings (SSSR count). The van der Waals surface area contributed by atoms with Gasteiger partial charge in [0.1, 0.15) is 6.42 Å². The first-order chi connectivity index (χ1) is 6.47. The van der Waals surface area contributed by atoms with Crippen LogP contribution in [0.5, 0.6) is 0 Å². The molecular formula is C7H10N4O3. The van der Waals surface area contributed by atoms with Crippen LogP contribution in [0.25, 0.3) is 0 Å². The number of hydrogen-bond donors (Lipinski definition) is 2. The molecule has 0 aromatic heterocycles. The van der Waals surface area contributed by atoms with Crippen molar-refractivity contribution in [1.82, 2.24) is 4.90 Å². The molecule has 4 N–H and O–H groups in total. The zero-order valence-corrected chi connectivity index (χ0v) is 7.40. The van der Waals surface area contributed by atoms with Crippen molar-refractivity contribution < 1.29 is 14.4 Å². The topological polar surface area (TPSA) is 130 Å². The lowest BCUT2D eigenvalue weighted by Crippen LogP contribution is -2.43. The van der Waals surface area contributed by atoms with Crippen LogP contribution in [0.1, 0.15) is 6.42 Å². The highest BCUT2D eigenvalue weighted by Crippen LogP contribution is 1.92. The predicted molar refractivity (Wildman–Crippen MR) is 45.2 cm³/mol. The summed E-state index contributed by atoms with van der Waals surface area (Å²) in [4.78, 5) is 32.9. The van der Waals surface area contributed by atoms with Crippen molar-refractivity contribution in [3.63, 3.8) is 0 Å². The van der Waals surface area contributed by atoms with E-state index in [9.17, 15) is 14.4 Å². The minimum absolute atomic E-state index is 0.413. The lowest BCUT2D eigenvalue weighted by atomic mass is 10.3. The monoisotopic (exact) mass is 198 g/mol. The van der Waals surface area contributed by atoms with E-state index < -0.39 is 37.2 Å². The molecule has 0 aromatic rings. The molecule has 0 aliphatic heterocycles. The van der Waals surface area contributed by atoms with Gasteiger partial charge in [-0.25, -0.2) is 0 Å². The minimum atomic E-state index is -0.766. The molecule has 7 nitrogen and oxygen atoms in total. The number of primary amides is 2. The number of nitrogens with two attached hydrogens (primary N) is 2. The molecule has 3 amide bonds. The van der Waals surface area contributed by atoms with Crippen molar-refractivity contribution in [2.45, 2.75) is 6.42 Å². The van der Waals surface area contributed by atoms with Gasteiger partial charge in [-0.3, -0.25) is 14.4 Å². The van der Waals surface area contributed by atoms with Crippen molar-refractivity contribution in [3.05, 3.63) is 0 Å². The van der Waals surface area contributed by atoms with Gasteiger partial charge in [0.05, 0.1) is 19.2 Å². The summed E-state index contributed by atoms with van der Waals surface area (Å²) in [6.07, 6.45) is -0.416. The SMILES string of the molecule is N#CCC(=O)N(CC(N)=O)CC(N)=O. The molecule has 0 fully saturated rings. The summed E-state index contributed by atoms with van der Waals surface area (Å²) >= 11 is 0. The van der Waals surface area contributed by atoms with Gasteiger partial charge in [0, 0.05) is 0 Å². The van der Waals surface area contributed by atoms with Crippen LogP contribution in [-0.2, 0) is 14.4 Å².